The smallest absolute Gasteiger partial charge is 0.230 e. The maximum atomic E-state index is 13.0. The molecule has 0 aromatic heterocycles. The number of benzene rings is 1. The van der Waals surface area contributed by atoms with Gasteiger partial charge in [0.25, 0.3) is 0 Å². The van der Waals surface area contributed by atoms with E-state index in [0.717, 1.165) is 45.2 Å². The van der Waals surface area contributed by atoms with Gasteiger partial charge < -0.3 is 10.6 Å². The highest BCUT2D eigenvalue weighted by Crippen LogP contribution is 2.41. The molecule has 0 bridgehead atoms. The van der Waals surface area contributed by atoms with E-state index in [1.165, 1.54) is 11.1 Å². The first-order chi connectivity index (χ1) is 10.6. The highest BCUT2D eigenvalue weighted by Gasteiger charge is 2.43. The number of carbonyl (C=O) groups excluding carboxylic acids is 1. The van der Waals surface area contributed by atoms with Crippen molar-refractivity contribution in [3.05, 3.63) is 35.4 Å². The van der Waals surface area contributed by atoms with Gasteiger partial charge >= 0.3 is 0 Å². The molecular formula is C19H28N2O. The maximum absolute atomic E-state index is 13.0. The van der Waals surface area contributed by atoms with Crippen LogP contribution in [0.2, 0.25) is 0 Å². The van der Waals surface area contributed by atoms with Gasteiger partial charge in [-0.25, -0.2) is 0 Å². The van der Waals surface area contributed by atoms with Crippen LogP contribution in [-0.2, 0) is 10.2 Å². The van der Waals surface area contributed by atoms with Gasteiger partial charge in [0.15, 0.2) is 0 Å². The summed E-state index contributed by atoms with van der Waals surface area (Å²) < 4.78 is 0. The first-order valence-corrected chi connectivity index (χ1v) is 8.74. The second kappa shape index (κ2) is 6.41. The molecule has 22 heavy (non-hydrogen) atoms. The normalized spacial score (nSPS) is 23.9. The molecule has 2 N–H and O–H groups in total. The second-order valence-corrected chi connectivity index (χ2v) is 7.23. The van der Waals surface area contributed by atoms with Crippen LogP contribution in [0.4, 0.5) is 0 Å². The third kappa shape index (κ3) is 2.91. The zero-order valence-corrected chi connectivity index (χ0v) is 13.8. The molecule has 0 radical (unpaired) electrons. The number of hydrogen-bond donors (Lipinski definition) is 2. The van der Waals surface area contributed by atoms with E-state index in [1.54, 1.807) is 0 Å². The third-order valence-corrected chi connectivity index (χ3v) is 5.42. The Morgan fingerprint density at radius 3 is 2.45 bits per heavy atom. The van der Waals surface area contributed by atoms with Crippen molar-refractivity contribution >= 4 is 5.91 Å². The van der Waals surface area contributed by atoms with E-state index < -0.39 is 0 Å². The molecule has 1 saturated carbocycles. The molecule has 3 nitrogen and oxygen atoms in total. The van der Waals surface area contributed by atoms with Crippen LogP contribution in [0.25, 0.3) is 0 Å². The fourth-order valence-corrected chi connectivity index (χ4v) is 3.91. The van der Waals surface area contributed by atoms with Gasteiger partial charge in [-0.1, -0.05) is 51.0 Å². The molecule has 1 aromatic carbocycles. The average molecular weight is 300 g/mol. The SMILES string of the molecule is CC(C)c1ccc(C2(C(=O)NC3CCNC3)CCCC2)cc1. The van der Waals surface area contributed by atoms with E-state index in [9.17, 15) is 4.79 Å². The van der Waals surface area contributed by atoms with E-state index in [4.69, 9.17) is 0 Å². The largest absolute Gasteiger partial charge is 0.351 e. The maximum Gasteiger partial charge on any atom is 0.230 e. The van der Waals surface area contributed by atoms with Gasteiger partial charge in [0, 0.05) is 12.6 Å². The Hall–Kier alpha value is -1.35. The summed E-state index contributed by atoms with van der Waals surface area (Å²) in [5, 5.41) is 6.62. The van der Waals surface area contributed by atoms with Crippen molar-refractivity contribution in [3.8, 4) is 0 Å². The van der Waals surface area contributed by atoms with Crippen LogP contribution in [-0.4, -0.2) is 25.0 Å². The molecule has 1 atom stereocenters. The molecule has 1 aliphatic heterocycles. The predicted octanol–water partition coefficient (Wildman–Crippen LogP) is 3.10. The van der Waals surface area contributed by atoms with Gasteiger partial charge in [-0.05, 0) is 42.9 Å². The monoisotopic (exact) mass is 300 g/mol. The fourth-order valence-electron chi connectivity index (χ4n) is 3.91. The van der Waals surface area contributed by atoms with Crippen molar-refractivity contribution in [2.75, 3.05) is 13.1 Å². The Morgan fingerprint density at radius 1 is 1.23 bits per heavy atom. The van der Waals surface area contributed by atoms with Crippen molar-refractivity contribution in [1.82, 2.24) is 10.6 Å². The standard InChI is InChI=1S/C19H28N2O/c1-14(2)15-5-7-16(8-6-15)19(10-3-4-11-19)18(22)21-17-9-12-20-13-17/h5-8,14,17,20H,3-4,9-13H2,1-2H3,(H,21,22). The van der Waals surface area contributed by atoms with Gasteiger partial charge in [-0.3, -0.25) is 4.79 Å². The Bertz CT molecular complexity index is 509. The Kier molecular flexibility index (Phi) is 4.53. The van der Waals surface area contributed by atoms with E-state index in [-0.39, 0.29) is 11.3 Å². The number of carbonyl (C=O) groups is 1. The molecule has 1 aliphatic carbocycles. The molecular weight excluding hydrogens is 272 g/mol. The molecule has 1 aromatic rings. The third-order valence-electron chi connectivity index (χ3n) is 5.42. The van der Waals surface area contributed by atoms with Crippen molar-refractivity contribution in [2.45, 2.75) is 63.3 Å². The van der Waals surface area contributed by atoms with E-state index >= 15 is 0 Å². The van der Waals surface area contributed by atoms with E-state index in [1.807, 2.05) is 0 Å². The number of amides is 1. The lowest BCUT2D eigenvalue weighted by molar-refractivity contribution is -0.127. The van der Waals surface area contributed by atoms with Crippen LogP contribution in [0.1, 0.15) is 63.0 Å². The van der Waals surface area contributed by atoms with Gasteiger partial charge in [-0.15, -0.1) is 0 Å². The molecule has 2 aliphatic rings. The summed E-state index contributed by atoms with van der Waals surface area (Å²) in [6.45, 7) is 6.34. The van der Waals surface area contributed by atoms with Crippen LogP contribution >= 0.6 is 0 Å². The topological polar surface area (TPSA) is 41.1 Å². The summed E-state index contributed by atoms with van der Waals surface area (Å²) in [6.07, 6.45) is 5.33. The molecule has 1 heterocycles. The average Bonchev–Trinajstić information content (AvgIpc) is 3.19. The molecule has 1 unspecified atom stereocenters. The number of hydrogen-bond acceptors (Lipinski definition) is 2. The van der Waals surface area contributed by atoms with Crippen molar-refractivity contribution in [1.29, 1.82) is 0 Å². The minimum absolute atomic E-state index is 0.246. The Morgan fingerprint density at radius 2 is 1.91 bits per heavy atom. The summed E-state index contributed by atoms with van der Waals surface area (Å²) in [4.78, 5) is 13.0. The summed E-state index contributed by atoms with van der Waals surface area (Å²) in [5.74, 6) is 0.781. The summed E-state index contributed by atoms with van der Waals surface area (Å²) >= 11 is 0. The molecule has 3 rings (SSSR count). The minimum atomic E-state index is -0.294. The first-order valence-electron chi connectivity index (χ1n) is 8.74. The van der Waals surface area contributed by atoms with Crippen molar-refractivity contribution < 1.29 is 4.79 Å². The highest BCUT2D eigenvalue weighted by molar-refractivity contribution is 5.88. The Labute approximate surface area is 133 Å². The fraction of sp³-hybridized carbons (Fsp3) is 0.632. The number of nitrogens with one attached hydrogen (secondary N) is 2. The lowest BCUT2D eigenvalue weighted by Gasteiger charge is -2.30. The van der Waals surface area contributed by atoms with E-state index in [0.29, 0.717) is 12.0 Å². The Balaban J connectivity index is 1.82. The van der Waals surface area contributed by atoms with Gasteiger partial charge in [0.2, 0.25) is 5.91 Å². The molecule has 1 saturated heterocycles. The van der Waals surface area contributed by atoms with Crippen molar-refractivity contribution in [3.63, 3.8) is 0 Å². The predicted molar refractivity (Wildman–Crippen MR) is 90.1 cm³/mol. The van der Waals surface area contributed by atoms with E-state index in [2.05, 4.69) is 48.7 Å². The molecule has 2 fully saturated rings. The van der Waals surface area contributed by atoms with Gasteiger partial charge in [0.05, 0.1) is 5.41 Å². The van der Waals surface area contributed by atoms with Gasteiger partial charge in [-0.2, -0.15) is 0 Å². The van der Waals surface area contributed by atoms with Crippen LogP contribution < -0.4 is 10.6 Å². The second-order valence-electron chi connectivity index (χ2n) is 7.23. The first kappa shape index (κ1) is 15.5. The lowest BCUT2D eigenvalue weighted by Crippen LogP contribution is -2.47. The molecule has 3 heteroatoms. The quantitative estimate of drug-likeness (QED) is 0.897. The summed E-state index contributed by atoms with van der Waals surface area (Å²) in [6, 6.07) is 9.08. The van der Waals surface area contributed by atoms with Crippen LogP contribution in [0, 0.1) is 0 Å². The number of rotatable bonds is 4. The zero-order valence-electron chi connectivity index (χ0n) is 13.8. The van der Waals surface area contributed by atoms with Gasteiger partial charge in [0.1, 0.15) is 0 Å². The molecule has 120 valence electrons. The van der Waals surface area contributed by atoms with Crippen LogP contribution in [0.5, 0.6) is 0 Å². The highest BCUT2D eigenvalue weighted by atomic mass is 16.2. The van der Waals surface area contributed by atoms with Crippen LogP contribution in [0.15, 0.2) is 24.3 Å². The molecule has 0 spiro atoms. The van der Waals surface area contributed by atoms with Crippen molar-refractivity contribution in [2.24, 2.45) is 0 Å². The lowest BCUT2D eigenvalue weighted by atomic mass is 9.77. The minimum Gasteiger partial charge on any atom is -0.351 e. The summed E-state index contributed by atoms with van der Waals surface area (Å²) in [5.41, 5.74) is 2.26. The van der Waals surface area contributed by atoms with Crippen LogP contribution in [0.3, 0.4) is 0 Å². The molecule has 1 amide bonds. The zero-order chi connectivity index (χ0) is 15.6. The summed E-state index contributed by atoms with van der Waals surface area (Å²) in [7, 11) is 0.